The van der Waals surface area contributed by atoms with Crippen LogP contribution in [0.15, 0.2) is 95.1 Å². The maximum absolute atomic E-state index is 12.9. The van der Waals surface area contributed by atoms with E-state index < -0.39 is 23.7 Å². The average Bonchev–Trinajstić information content (AvgIpc) is 3.57. The first-order valence-corrected chi connectivity index (χ1v) is 12.9. The maximum Gasteiger partial charge on any atom is 0.253 e. The van der Waals surface area contributed by atoms with Crippen molar-refractivity contribution < 1.29 is 19.2 Å². The summed E-state index contributed by atoms with van der Waals surface area (Å²) in [6.45, 7) is 0.758. The zero-order chi connectivity index (χ0) is 27.9. The Morgan fingerprint density at radius 1 is 0.625 bits per heavy atom. The van der Waals surface area contributed by atoms with Gasteiger partial charge in [0.1, 0.15) is 11.8 Å². The van der Waals surface area contributed by atoms with E-state index >= 15 is 0 Å². The molecule has 4 amide bonds. The largest absolute Gasteiger partial charge is 0.355 e. The standard InChI is InChI=1S/C30H28N6O4/c37-27-25(23(17-31-27)19-9-3-1-4-10-19)29(39)35-33-15-21-13-7-8-14-22(21)16-34-36-30(40)26-24(18-32-28(26)38)20-11-5-2-6-12-20/h1-16,23-26H,17-18H2,(H,31,37)(H,32,38)(H,35,39)(H,36,40)/b33-15-,34-16+/t23-,24-,25+,26-/m1/s1. The molecule has 2 aliphatic heterocycles. The van der Waals surface area contributed by atoms with Crippen molar-refractivity contribution in [3.8, 4) is 0 Å². The van der Waals surface area contributed by atoms with Crippen molar-refractivity contribution in [3.05, 3.63) is 107 Å². The highest BCUT2D eigenvalue weighted by atomic mass is 16.2. The highest BCUT2D eigenvalue weighted by Crippen LogP contribution is 2.30. The summed E-state index contributed by atoms with van der Waals surface area (Å²) in [4.78, 5) is 50.5. The minimum absolute atomic E-state index is 0.282. The van der Waals surface area contributed by atoms with Crippen molar-refractivity contribution in [1.82, 2.24) is 21.5 Å². The van der Waals surface area contributed by atoms with E-state index in [9.17, 15) is 19.2 Å². The minimum Gasteiger partial charge on any atom is -0.355 e. The van der Waals surface area contributed by atoms with E-state index in [0.717, 1.165) is 11.1 Å². The van der Waals surface area contributed by atoms with Crippen LogP contribution in [0.3, 0.4) is 0 Å². The molecule has 40 heavy (non-hydrogen) atoms. The van der Waals surface area contributed by atoms with Crippen molar-refractivity contribution in [2.45, 2.75) is 11.8 Å². The summed E-state index contributed by atoms with van der Waals surface area (Å²) in [6, 6.07) is 25.9. The monoisotopic (exact) mass is 536 g/mol. The molecule has 3 aromatic rings. The van der Waals surface area contributed by atoms with Crippen LogP contribution in [0.4, 0.5) is 0 Å². The molecule has 0 unspecified atom stereocenters. The van der Waals surface area contributed by atoms with Gasteiger partial charge >= 0.3 is 0 Å². The van der Waals surface area contributed by atoms with E-state index in [2.05, 4.69) is 31.7 Å². The molecule has 0 saturated carbocycles. The second-order valence-electron chi connectivity index (χ2n) is 9.58. The summed E-state index contributed by atoms with van der Waals surface area (Å²) in [6.07, 6.45) is 2.89. The number of benzene rings is 3. The third-order valence-corrected chi connectivity index (χ3v) is 7.14. The summed E-state index contributed by atoms with van der Waals surface area (Å²) in [7, 11) is 0. The van der Waals surface area contributed by atoms with Gasteiger partial charge in [0.05, 0.1) is 12.4 Å². The number of carbonyl (C=O) groups is 4. The summed E-state index contributed by atoms with van der Waals surface area (Å²) >= 11 is 0. The molecule has 0 aromatic heterocycles. The van der Waals surface area contributed by atoms with Crippen LogP contribution in [0.25, 0.3) is 0 Å². The number of hydrazone groups is 2. The first-order valence-electron chi connectivity index (χ1n) is 12.9. The van der Waals surface area contributed by atoms with E-state index in [1.165, 1.54) is 12.4 Å². The molecule has 4 N–H and O–H groups in total. The highest BCUT2D eigenvalue weighted by molar-refractivity contribution is 6.04. The highest BCUT2D eigenvalue weighted by Gasteiger charge is 2.42. The number of carbonyl (C=O) groups excluding carboxylic acids is 4. The predicted molar refractivity (Wildman–Crippen MR) is 149 cm³/mol. The van der Waals surface area contributed by atoms with Gasteiger partial charge in [-0.3, -0.25) is 19.2 Å². The van der Waals surface area contributed by atoms with E-state index in [1.54, 1.807) is 24.3 Å². The maximum atomic E-state index is 12.9. The molecule has 2 heterocycles. The normalized spacial score (nSPS) is 22.3. The number of hydrogen-bond acceptors (Lipinski definition) is 6. The molecule has 4 atom stereocenters. The molecule has 0 aliphatic carbocycles. The number of nitrogens with one attached hydrogen (secondary N) is 4. The van der Waals surface area contributed by atoms with Crippen LogP contribution >= 0.6 is 0 Å². The Morgan fingerprint density at radius 2 is 1.00 bits per heavy atom. The van der Waals surface area contributed by atoms with Gasteiger partial charge in [-0.15, -0.1) is 0 Å². The van der Waals surface area contributed by atoms with Gasteiger partial charge in [-0.05, 0) is 11.1 Å². The van der Waals surface area contributed by atoms with Crippen molar-refractivity contribution >= 4 is 36.1 Å². The lowest BCUT2D eigenvalue weighted by molar-refractivity contribution is -0.135. The van der Waals surface area contributed by atoms with Gasteiger partial charge in [0, 0.05) is 36.1 Å². The third-order valence-electron chi connectivity index (χ3n) is 7.14. The van der Waals surface area contributed by atoms with Crippen LogP contribution < -0.4 is 21.5 Å². The predicted octanol–water partition coefficient (Wildman–Crippen LogP) is 1.65. The fourth-order valence-corrected chi connectivity index (χ4v) is 5.08. The Labute approximate surface area is 230 Å². The summed E-state index contributed by atoms with van der Waals surface area (Å²) in [5.74, 6) is -4.02. The van der Waals surface area contributed by atoms with Gasteiger partial charge in [-0.2, -0.15) is 10.2 Å². The van der Waals surface area contributed by atoms with Crippen LogP contribution in [-0.4, -0.2) is 49.1 Å². The lowest BCUT2D eigenvalue weighted by Gasteiger charge is -2.15. The van der Waals surface area contributed by atoms with Crippen molar-refractivity contribution in [2.24, 2.45) is 22.0 Å². The van der Waals surface area contributed by atoms with Crippen molar-refractivity contribution in [3.63, 3.8) is 0 Å². The van der Waals surface area contributed by atoms with E-state index in [1.807, 2.05) is 60.7 Å². The summed E-state index contributed by atoms with van der Waals surface area (Å²) in [5.41, 5.74) is 8.00. The number of hydrogen-bond donors (Lipinski definition) is 4. The van der Waals surface area contributed by atoms with Crippen molar-refractivity contribution in [1.29, 1.82) is 0 Å². The topological polar surface area (TPSA) is 141 Å². The van der Waals surface area contributed by atoms with Gasteiger partial charge in [0.25, 0.3) is 11.8 Å². The molecule has 10 nitrogen and oxygen atoms in total. The van der Waals surface area contributed by atoms with Crippen molar-refractivity contribution in [2.75, 3.05) is 13.1 Å². The second-order valence-corrected chi connectivity index (χ2v) is 9.58. The number of amides is 4. The second kappa shape index (κ2) is 12.2. The van der Waals surface area contributed by atoms with E-state index in [0.29, 0.717) is 24.2 Å². The zero-order valence-electron chi connectivity index (χ0n) is 21.5. The van der Waals surface area contributed by atoms with Gasteiger partial charge in [-0.25, -0.2) is 10.9 Å². The van der Waals surface area contributed by atoms with Crippen LogP contribution in [0.1, 0.15) is 34.1 Å². The molecule has 3 aromatic carbocycles. The van der Waals surface area contributed by atoms with Crippen LogP contribution in [0.5, 0.6) is 0 Å². The minimum atomic E-state index is -0.890. The Kier molecular flexibility index (Phi) is 8.05. The molecule has 0 bridgehead atoms. The lowest BCUT2D eigenvalue weighted by Crippen LogP contribution is -2.34. The molecule has 0 radical (unpaired) electrons. The Balaban J connectivity index is 1.22. The van der Waals surface area contributed by atoms with E-state index in [4.69, 9.17) is 0 Å². The molecule has 2 fully saturated rings. The van der Waals surface area contributed by atoms with Gasteiger partial charge < -0.3 is 10.6 Å². The number of rotatable bonds is 8. The molecular formula is C30H28N6O4. The smallest absolute Gasteiger partial charge is 0.253 e. The number of nitrogens with zero attached hydrogens (tertiary/aromatic N) is 2. The molecule has 10 heteroatoms. The average molecular weight is 537 g/mol. The van der Waals surface area contributed by atoms with Gasteiger partial charge in [-0.1, -0.05) is 84.9 Å². The quantitative estimate of drug-likeness (QED) is 0.197. The Bertz CT molecular complexity index is 1350. The molecule has 202 valence electrons. The Hall–Kier alpha value is -5.12. The molecule has 0 spiro atoms. The fourth-order valence-electron chi connectivity index (χ4n) is 5.08. The molecule has 2 aliphatic rings. The Morgan fingerprint density at radius 3 is 1.40 bits per heavy atom. The fraction of sp³-hybridized carbons (Fsp3) is 0.200. The molecule has 2 saturated heterocycles. The third kappa shape index (κ3) is 5.80. The van der Waals surface area contributed by atoms with Gasteiger partial charge in [0.15, 0.2) is 0 Å². The zero-order valence-corrected chi connectivity index (χ0v) is 21.5. The molecular weight excluding hydrogens is 508 g/mol. The SMILES string of the molecule is O=C1NC[C@H](c2ccccc2)[C@H]1C(=O)N/N=C/c1ccccc1/C=N\NC(=O)[C@@H]1C(=O)NC[C@@H]1c1ccccc1. The van der Waals surface area contributed by atoms with Crippen LogP contribution in [-0.2, 0) is 19.2 Å². The summed E-state index contributed by atoms with van der Waals surface area (Å²) in [5, 5.41) is 13.6. The van der Waals surface area contributed by atoms with Gasteiger partial charge in [0.2, 0.25) is 11.8 Å². The first kappa shape index (κ1) is 26.5. The van der Waals surface area contributed by atoms with Crippen LogP contribution in [0.2, 0.25) is 0 Å². The van der Waals surface area contributed by atoms with E-state index in [-0.39, 0.29) is 23.7 Å². The molecule has 5 rings (SSSR count). The first-order chi connectivity index (χ1) is 19.5. The summed E-state index contributed by atoms with van der Waals surface area (Å²) < 4.78 is 0. The lowest BCUT2D eigenvalue weighted by atomic mass is 9.88. The van der Waals surface area contributed by atoms with Crippen LogP contribution in [0, 0.1) is 11.8 Å².